The fraction of sp³-hybridized carbons (Fsp3) is 0.0204. The summed E-state index contributed by atoms with van der Waals surface area (Å²) >= 11 is 3.54. The Bertz CT molecular complexity index is 2910. The molecule has 0 amide bonds. The van der Waals surface area contributed by atoms with Gasteiger partial charge in [-0.3, -0.25) is 4.99 Å². The van der Waals surface area contributed by atoms with Gasteiger partial charge in [0.15, 0.2) is 17.5 Å². The van der Waals surface area contributed by atoms with E-state index in [-0.39, 0.29) is 6.17 Å². The average Bonchev–Trinajstić information content (AvgIpc) is 3.83. The maximum atomic E-state index is 5.32. The molecule has 1 aliphatic heterocycles. The lowest BCUT2D eigenvalue weighted by Gasteiger charge is -2.24. The second-order valence-electron chi connectivity index (χ2n) is 13.5. The fourth-order valence-electron chi connectivity index (χ4n) is 7.22. The molecule has 3 aromatic heterocycles. The third kappa shape index (κ3) is 6.33. The van der Waals surface area contributed by atoms with Crippen LogP contribution in [0.3, 0.4) is 0 Å². The summed E-state index contributed by atoms with van der Waals surface area (Å²) in [7, 11) is 0. The van der Waals surface area contributed by atoms with Crippen molar-refractivity contribution < 1.29 is 0 Å². The Morgan fingerprint density at radius 1 is 0.536 bits per heavy atom. The minimum Gasteiger partial charge on any atom is -0.358 e. The van der Waals surface area contributed by atoms with Crippen molar-refractivity contribution in [3.05, 3.63) is 196 Å². The van der Waals surface area contributed by atoms with Gasteiger partial charge in [-0.05, 0) is 53.1 Å². The van der Waals surface area contributed by atoms with E-state index in [0.717, 1.165) is 60.6 Å². The number of aromatic nitrogens is 3. The highest BCUT2D eigenvalue weighted by atomic mass is 32.1. The lowest BCUT2D eigenvalue weighted by molar-refractivity contribution is 0.832. The van der Waals surface area contributed by atoms with Gasteiger partial charge in [0.25, 0.3) is 0 Å². The van der Waals surface area contributed by atoms with Gasteiger partial charge in [0.2, 0.25) is 0 Å². The molecule has 1 N–H and O–H groups in total. The second-order valence-corrected chi connectivity index (χ2v) is 15.7. The second kappa shape index (κ2) is 14.5. The Morgan fingerprint density at radius 2 is 1.16 bits per heavy atom. The van der Waals surface area contributed by atoms with Crippen molar-refractivity contribution in [1.82, 2.24) is 15.0 Å². The van der Waals surface area contributed by atoms with Gasteiger partial charge in [-0.15, -0.1) is 22.7 Å². The molecule has 4 heterocycles. The highest BCUT2D eigenvalue weighted by Crippen LogP contribution is 2.43. The van der Waals surface area contributed by atoms with Gasteiger partial charge in [0.1, 0.15) is 6.17 Å². The van der Waals surface area contributed by atoms with Crippen LogP contribution in [0.25, 0.3) is 72.6 Å². The molecular formula is C49H33N5S2. The summed E-state index contributed by atoms with van der Waals surface area (Å²) in [4.78, 5) is 22.4. The minimum absolute atomic E-state index is 0.226. The molecule has 0 fully saturated rings. The van der Waals surface area contributed by atoms with Crippen molar-refractivity contribution in [2.24, 2.45) is 4.99 Å². The van der Waals surface area contributed by atoms with Crippen molar-refractivity contribution in [3.63, 3.8) is 0 Å². The first-order chi connectivity index (χ1) is 27.7. The summed E-state index contributed by atoms with van der Waals surface area (Å²) in [5.41, 5.74) is 9.40. The van der Waals surface area contributed by atoms with Crippen LogP contribution in [0.5, 0.6) is 0 Å². The first-order valence-electron chi connectivity index (χ1n) is 18.4. The standard InChI is InChI=1S/C49H33N5S2/c1-2-37-39-30-36(49-53-46(33-18-8-4-9-19-33)52-47(54-49)34-20-10-5-11-21-34)26-28-42(39)55-41(37)27-25-31-15-14-22-35(29-31)48-50-43(32-16-6-3-7-17-32)45-44(51-48)38-23-12-13-24-40(38)56-45/h2-30,48,51H,1H2/b27-25+. The van der Waals surface area contributed by atoms with Gasteiger partial charge < -0.3 is 5.32 Å². The summed E-state index contributed by atoms with van der Waals surface area (Å²) in [6.45, 7) is 4.23. The summed E-state index contributed by atoms with van der Waals surface area (Å²) < 4.78 is 2.42. The SMILES string of the molecule is C=Cc1c(/C=C/c2cccc(C3N=C(c4ccccc4)c4sc5ccccc5c4N3)c2)sc2ccc(-c3nc(-c4ccccc4)nc(-c4ccccc4)n3)cc12. The zero-order chi connectivity index (χ0) is 37.4. The molecule has 0 bridgehead atoms. The molecule has 5 nitrogen and oxygen atoms in total. The summed E-state index contributed by atoms with van der Waals surface area (Å²) in [6, 6.07) is 54.3. The van der Waals surface area contributed by atoms with Crippen LogP contribution in [-0.4, -0.2) is 20.7 Å². The highest BCUT2D eigenvalue weighted by Gasteiger charge is 2.26. The number of anilines is 1. The smallest absolute Gasteiger partial charge is 0.164 e. The topological polar surface area (TPSA) is 63.1 Å². The van der Waals surface area contributed by atoms with Crippen molar-refractivity contribution in [2.45, 2.75) is 6.17 Å². The Kier molecular flexibility index (Phi) is 8.71. The maximum Gasteiger partial charge on any atom is 0.164 e. The fourth-order valence-corrected chi connectivity index (χ4v) is 9.50. The van der Waals surface area contributed by atoms with E-state index in [2.05, 4.69) is 121 Å². The van der Waals surface area contributed by atoms with Crippen LogP contribution in [-0.2, 0) is 0 Å². The van der Waals surface area contributed by atoms with E-state index in [4.69, 9.17) is 19.9 Å². The molecular weight excluding hydrogens is 723 g/mol. The van der Waals surface area contributed by atoms with Gasteiger partial charge in [0.05, 0.1) is 16.3 Å². The number of hydrogen-bond acceptors (Lipinski definition) is 7. The van der Waals surface area contributed by atoms with Gasteiger partial charge in [-0.1, -0.05) is 146 Å². The highest BCUT2D eigenvalue weighted by molar-refractivity contribution is 7.22. The molecule has 56 heavy (non-hydrogen) atoms. The van der Waals surface area contributed by atoms with E-state index in [9.17, 15) is 0 Å². The zero-order valence-corrected chi connectivity index (χ0v) is 31.8. The number of hydrogen-bond donors (Lipinski definition) is 1. The molecule has 10 rings (SSSR count). The summed E-state index contributed by atoms with van der Waals surface area (Å²) in [5.74, 6) is 1.92. The lowest BCUT2D eigenvalue weighted by Crippen LogP contribution is -2.19. The van der Waals surface area contributed by atoms with Crippen LogP contribution >= 0.6 is 22.7 Å². The Morgan fingerprint density at radius 3 is 1.86 bits per heavy atom. The van der Waals surface area contributed by atoms with Gasteiger partial charge in [-0.2, -0.15) is 0 Å². The molecule has 0 spiro atoms. The molecule has 6 aromatic carbocycles. The van der Waals surface area contributed by atoms with Crippen LogP contribution in [0, 0.1) is 0 Å². The predicted octanol–water partition coefficient (Wildman–Crippen LogP) is 13.1. The third-order valence-electron chi connectivity index (χ3n) is 9.97. The minimum atomic E-state index is -0.226. The van der Waals surface area contributed by atoms with Crippen LogP contribution in [0.15, 0.2) is 169 Å². The zero-order valence-electron chi connectivity index (χ0n) is 30.1. The monoisotopic (exact) mass is 755 g/mol. The normalized spacial score (nSPS) is 13.8. The van der Waals surface area contributed by atoms with Crippen LogP contribution in [0.4, 0.5) is 5.69 Å². The van der Waals surface area contributed by atoms with Crippen molar-refractivity contribution >= 4 is 72.5 Å². The Hall–Kier alpha value is -6.80. The van der Waals surface area contributed by atoms with Crippen molar-refractivity contribution in [1.29, 1.82) is 0 Å². The Labute approximate surface area is 332 Å². The quantitative estimate of drug-likeness (QED) is 0.168. The first kappa shape index (κ1) is 33.7. The number of thiophene rings is 2. The van der Waals surface area contributed by atoms with Crippen LogP contribution in [0.2, 0.25) is 0 Å². The molecule has 0 aliphatic carbocycles. The molecule has 1 unspecified atom stereocenters. The predicted molar refractivity (Wildman–Crippen MR) is 237 cm³/mol. The number of fused-ring (bicyclic) bond motifs is 4. The average molecular weight is 756 g/mol. The van der Waals surface area contributed by atoms with E-state index >= 15 is 0 Å². The molecule has 1 atom stereocenters. The number of rotatable bonds is 8. The third-order valence-corrected chi connectivity index (χ3v) is 12.3. The van der Waals surface area contributed by atoms with Crippen LogP contribution < -0.4 is 5.32 Å². The summed E-state index contributed by atoms with van der Waals surface area (Å²) in [5, 5.41) is 6.14. The molecule has 7 heteroatoms. The molecule has 0 saturated heterocycles. The van der Waals surface area contributed by atoms with Gasteiger partial charge in [0, 0.05) is 47.3 Å². The Balaban J connectivity index is 0.989. The van der Waals surface area contributed by atoms with E-state index in [1.807, 2.05) is 66.7 Å². The number of nitrogens with zero attached hydrogens (tertiary/aromatic N) is 4. The number of nitrogens with one attached hydrogen (secondary N) is 1. The first-order valence-corrected chi connectivity index (χ1v) is 20.1. The number of aliphatic imine (C=N–C) groups is 1. The van der Waals surface area contributed by atoms with E-state index in [1.54, 1.807) is 22.7 Å². The van der Waals surface area contributed by atoms with E-state index in [1.165, 1.54) is 19.7 Å². The molecule has 0 saturated carbocycles. The van der Waals surface area contributed by atoms with Crippen molar-refractivity contribution in [2.75, 3.05) is 5.32 Å². The molecule has 1 aliphatic rings. The van der Waals surface area contributed by atoms with E-state index in [0.29, 0.717) is 17.5 Å². The lowest BCUT2D eigenvalue weighted by atomic mass is 10.0. The molecule has 0 radical (unpaired) electrons. The summed E-state index contributed by atoms with van der Waals surface area (Å²) in [6.07, 6.45) is 6.10. The van der Waals surface area contributed by atoms with Gasteiger partial charge >= 0.3 is 0 Å². The largest absolute Gasteiger partial charge is 0.358 e. The molecule has 9 aromatic rings. The van der Waals surface area contributed by atoms with E-state index < -0.39 is 0 Å². The van der Waals surface area contributed by atoms with Gasteiger partial charge in [-0.25, -0.2) is 15.0 Å². The van der Waals surface area contributed by atoms with Crippen molar-refractivity contribution in [3.8, 4) is 34.2 Å². The molecule has 266 valence electrons. The number of benzene rings is 6. The van der Waals surface area contributed by atoms with Crippen LogP contribution in [0.1, 0.15) is 38.2 Å². The maximum absolute atomic E-state index is 5.32.